The molecule has 0 heterocycles. The Morgan fingerprint density at radius 2 is 1.94 bits per heavy atom. The Hall–Kier alpha value is -1.65. The maximum Gasteiger partial charge on any atom is 0.325 e. The lowest BCUT2D eigenvalue weighted by molar-refractivity contribution is -0.141. The van der Waals surface area contributed by atoms with Crippen LogP contribution in [0.15, 0.2) is 18.2 Å². The number of rotatable bonds is 6. The first kappa shape index (κ1) is 13.4. The molecule has 0 unspecified atom stereocenters. The van der Waals surface area contributed by atoms with Crippen molar-refractivity contribution in [3.05, 3.63) is 29.8 Å². The van der Waals surface area contributed by atoms with Gasteiger partial charge in [0.2, 0.25) is 0 Å². The number of nitrogens with one attached hydrogen (secondary N) is 1. The fraction of sp³-hybridized carbons (Fsp3) is 0.417. The minimum absolute atomic E-state index is 0.105. The molecule has 5 heteroatoms. The smallest absolute Gasteiger partial charge is 0.325 e. The first-order valence-electron chi connectivity index (χ1n) is 5.47. The molecule has 1 aromatic carbocycles. The third-order valence-electron chi connectivity index (χ3n) is 2.06. The Balaban J connectivity index is 2.36. The standard InChI is InChI=1S/C12H15F2NO2/c1-2-3-4-17-12(16)8-15-11-6-9(13)5-10(14)7-11/h5-7,15H,2-4,8H2,1H3. The van der Waals surface area contributed by atoms with Gasteiger partial charge in [-0.05, 0) is 18.6 Å². The van der Waals surface area contributed by atoms with Crippen LogP contribution in [0.25, 0.3) is 0 Å². The van der Waals surface area contributed by atoms with Crippen molar-refractivity contribution in [1.29, 1.82) is 0 Å². The van der Waals surface area contributed by atoms with Crippen LogP contribution in [0.1, 0.15) is 19.8 Å². The van der Waals surface area contributed by atoms with Crippen molar-refractivity contribution >= 4 is 11.7 Å². The van der Waals surface area contributed by atoms with E-state index in [2.05, 4.69) is 5.32 Å². The van der Waals surface area contributed by atoms with Crippen LogP contribution in [0.3, 0.4) is 0 Å². The number of carbonyl (C=O) groups is 1. The maximum atomic E-state index is 12.8. The molecule has 0 amide bonds. The van der Waals surface area contributed by atoms with Crippen molar-refractivity contribution in [1.82, 2.24) is 0 Å². The Kier molecular flexibility index (Phi) is 5.39. The van der Waals surface area contributed by atoms with Gasteiger partial charge >= 0.3 is 5.97 Å². The molecule has 0 saturated heterocycles. The van der Waals surface area contributed by atoms with Crippen LogP contribution in [-0.4, -0.2) is 19.1 Å². The van der Waals surface area contributed by atoms with Gasteiger partial charge in [-0.2, -0.15) is 0 Å². The molecule has 0 atom stereocenters. The first-order valence-corrected chi connectivity index (χ1v) is 5.47. The number of hydrogen-bond acceptors (Lipinski definition) is 3. The monoisotopic (exact) mass is 243 g/mol. The van der Waals surface area contributed by atoms with Crippen LogP contribution in [0.2, 0.25) is 0 Å². The molecule has 0 fully saturated rings. The van der Waals surface area contributed by atoms with Crippen molar-refractivity contribution in [2.45, 2.75) is 19.8 Å². The molecular weight excluding hydrogens is 228 g/mol. The van der Waals surface area contributed by atoms with Crippen LogP contribution in [0, 0.1) is 11.6 Å². The van der Waals surface area contributed by atoms with E-state index in [1.165, 1.54) is 0 Å². The number of unbranched alkanes of at least 4 members (excludes halogenated alkanes) is 1. The zero-order chi connectivity index (χ0) is 12.7. The largest absolute Gasteiger partial charge is 0.464 e. The van der Waals surface area contributed by atoms with Crippen molar-refractivity contribution in [3.63, 3.8) is 0 Å². The summed E-state index contributed by atoms with van der Waals surface area (Å²) in [5.74, 6) is -1.82. The minimum atomic E-state index is -0.688. The third kappa shape index (κ3) is 5.29. The summed E-state index contributed by atoms with van der Waals surface area (Å²) in [5, 5.41) is 2.60. The first-order chi connectivity index (χ1) is 8.11. The highest BCUT2D eigenvalue weighted by atomic mass is 19.1. The number of hydrogen-bond donors (Lipinski definition) is 1. The molecule has 1 N–H and O–H groups in total. The van der Waals surface area contributed by atoms with Crippen molar-refractivity contribution in [3.8, 4) is 0 Å². The quantitative estimate of drug-likeness (QED) is 0.616. The topological polar surface area (TPSA) is 38.3 Å². The molecule has 0 saturated carbocycles. The molecule has 17 heavy (non-hydrogen) atoms. The van der Waals surface area contributed by atoms with Gasteiger partial charge in [-0.25, -0.2) is 8.78 Å². The molecule has 0 aromatic heterocycles. The average Bonchev–Trinajstić information content (AvgIpc) is 2.25. The highest BCUT2D eigenvalue weighted by molar-refractivity contribution is 5.74. The third-order valence-corrected chi connectivity index (χ3v) is 2.06. The number of carbonyl (C=O) groups excluding carboxylic acids is 1. The number of esters is 1. The van der Waals surface area contributed by atoms with Gasteiger partial charge in [0.05, 0.1) is 6.61 Å². The Labute approximate surface area is 98.8 Å². The molecule has 3 nitrogen and oxygen atoms in total. The summed E-state index contributed by atoms with van der Waals surface area (Å²) in [6, 6.07) is 3.00. The minimum Gasteiger partial charge on any atom is -0.464 e. The van der Waals surface area contributed by atoms with Crippen LogP contribution in [0.5, 0.6) is 0 Å². The highest BCUT2D eigenvalue weighted by Crippen LogP contribution is 2.12. The predicted octanol–water partition coefficient (Wildman–Crippen LogP) is 2.72. The van der Waals surface area contributed by atoms with Crippen LogP contribution < -0.4 is 5.32 Å². The predicted molar refractivity (Wildman–Crippen MR) is 60.7 cm³/mol. The fourth-order valence-corrected chi connectivity index (χ4v) is 1.21. The molecule has 1 aromatic rings. The van der Waals surface area contributed by atoms with E-state index < -0.39 is 17.6 Å². The Morgan fingerprint density at radius 1 is 1.29 bits per heavy atom. The lowest BCUT2D eigenvalue weighted by atomic mass is 10.3. The summed E-state index contributed by atoms with van der Waals surface area (Å²) in [6.07, 6.45) is 1.75. The molecular formula is C12H15F2NO2. The van der Waals surface area contributed by atoms with E-state index in [1.807, 2.05) is 6.92 Å². The zero-order valence-electron chi connectivity index (χ0n) is 9.63. The molecule has 0 spiro atoms. The summed E-state index contributed by atoms with van der Waals surface area (Å²) < 4.78 is 30.5. The second kappa shape index (κ2) is 6.83. The summed E-state index contributed by atoms with van der Waals surface area (Å²) >= 11 is 0. The number of ether oxygens (including phenoxy) is 1. The fourth-order valence-electron chi connectivity index (χ4n) is 1.21. The van der Waals surface area contributed by atoms with E-state index >= 15 is 0 Å². The second-order valence-corrected chi connectivity index (χ2v) is 3.59. The van der Waals surface area contributed by atoms with Gasteiger partial charge in [-0.3, -0.25) is 4.79 Å². The van der Waals surface area contributed by atoms with Crippen LogP contribution in [0.4, 0.5) is 14.5 Å². The van der Waals surface area contributed by atoms with E-state index in [0.717, 1.165) is 31.0 Å². The second-order valence-electron chi connectivity index (χ2n) is 3.59. The van der Waals surface area contributed by atoms with E-state index in [1.54, 1.807) is 0 Å². The van der Waals surface area contributed by atoms with Crippen LogP contribution in [-0.2, 0) is 9.53 Å². The summed E-state index contributed by atoms with van der Waals surface area (Å²) in [7, 11) is 0. The van der Waals surface area contributed by atoms with E-state index in [9.17, 15) is 13.6 Å². The molecule has 0 bridgehead atoms. The SMILES string of the molecule is CCCCOC(=O)CNc1cc(F)cc(F)c1. The van der Waals surface area contributed by atoms with Crippen LogP contribution >= 0.6 is 0 Å². The highest BCUT2D eigenvalue weighted by Gasteiger charge is 2.04. The van der Waals surface area contributed by atoms with Gasteiger partial charge in [-0.1, -0.05) is 13.3 Å². The van der Waals surface area contributed by atoms with E-state index in [4.69, 9.17) is 4.74 Å². The summed E-state index contributed by atoms with van der Waals surface area (Å²) in [5.41, 5.74) is 0.218. The van der Waals surface area contributed by atoms with E-state index in [-0.39, 0.29) is 12.2 Å². The number of benzene rings is 1. The van der Waals surface area contributed by atoms with Gasteiger partial charge < -0.3 is 10.1 Å². The normalized spacial score (nSPS) is 10.1. The molecule has 0 aliphatic heterocycles. The average molecular weight is 243 g/mol. The van der Waals surface area contributed by atoms with Gasteiger partial charge in [0, 0.05) is 11.8 Å². The lowest BCUT2D eigenvalue weighted by Gasteiger charge is -2.07. The van der Waals surface area contributed by atoms with E-state index in [0.29, 0.717) is 6.61 Å². The number of anilines is 1. The number of halogens is 2. The van der Waals surface area contributed by atoms with Crippen molar-refractivity contribution in [2.24, 2.45) is 0 Å². The summed E-state index contributed by atoms with van der Waals surface area (Å²) in [4.78, 5) is 11.2. The molecule has 1 rings (SSSR count). The molecule has 94 valence electrons. The van der Waals surface area contributed by atoms with Gasteiger partial charge in [0.25, 0.3) is 0 Å². The maximum absolute atomic E-state index is 12.8. The molecule has 0 radical (unpaired) electrons. The molecule has 0 aliphatic rings. The van der Waals surface area contributed by atoms with Gasteiger partial charge in [0.15, 0.2) is 0 Å². The molecule has 0 aliphatic carbocycles. The zero-order valence-corrected chi connectivity index (χ0v) is 9.63. The van der Waals surface area contributed by atoms with Crippen molar-refractivity contribution < 1.29 is 18.3 Å². The van der Waals surface area contributed by atoms with Gasteiger partial charge in [-0.15, -0.1) is 0 Å². The summed E-state index contributed by atoms with van der Waals surface area (Å²) in [6.45, 7) is 2.25. The Bertz CT molecular complexity index is 363. The Morgan fingerprint density at radius 3 is 2.53 bits per heavy atom. The van der Waals surface area contributed by atoms with Gasteiger partial charge in [0.1, 0.15) is 18.2 Å². The van der Waals surface area contributed by atoms with Crippen molar-refractivity contribution in [2.75, 3.05) is 18.5 Å². The lowest BCUT2D eigenvalue weighted by Crippen LogP contribution is -2.17.